The standard InChI is InChI=1S/C21H24N6O2/c1-14(12-28-2)27-13-23-19-18(16-4-3-5-17-15(16)6-7-22-17)24-21(25-20(19)27)26-8-10-29-11-9-26/h3-7,13-14,22H,8-12H2,1-2H3. The Kier molecular flexibility index (Phi) is 4.65. The first-order chi connectivity index (χ1) is 14.3. The van der Waals surface area contributed by atoms with Gasteiger partial charge < -0.3 is 23.9 Å². The van der Waals surface area contributed by atoms with Crippen molar-refractivity contribution >= 4 is 28.0 Å². The summed E-state index contributed by atoms with van der Waals surface area (Å²) in [5.41, 5.74) is 4.61. The fraction of sp³-hybridized carbons (Fsp3) is 0.381. The Morgan fingerprint density at radius 1 is 1.21 bits per heavy atom. The Bertz CT molecular complexity index is 1140. The van der Waals surface area contributed by atoms with Crippen molar-refractivity contribution in [3.63, 3.8) is 0 Å². The van der Waals surface area contributed by atoms with Crippen LogP contribution < -0.4 is 4.90 Å². The molecule has 1 fully saturated rings. The molecule has 0 radical (unpaired) electrons. The maximum Gasteiger partial charge on any atom is 0.228 e. The van der Waals surface area contributed by atoms with Crippen LogP contribution in [0.25, 0.3) is 33.3 Å². The van der Waals surface area contributed by atoms with Gasteiger partial charge in [-0.25, -0.2) is 9.97 Å². The number of aromatic amines is 1. The molecule has 3 aromatic heterocycles. The second-order valence-electron chi connectivity index (χ2n) is 7.34. The first-order valence-electron chi connectivity index (χ1n) is 9.89. The molecule has 0 aliphatic carbocycles. The molecule has 1 aliphatic rings. The molecule has 1 atom stereocenters. The highest BCUT2D eigenvalue weighted by atomic mass is 16.5. The molecule has 0 bridgehead atoms. The van der Waals surface area contributed by atoms with Gasteiger partial charge in [0.15, 0.2) is 5.65 Å². The highest BCUT2D eigenvalue weighted by Gasteiger charge is 2.22. The molecule has 0 amide bonds. The molecule has 150 valence electrons. The van der Waals surface area contributed by atoms with Crippen LogP contribution in [0, 0.1) is 0 Å². The van der Waals surface area contributed by atoms with Crippen molar-refractivity contribution in [1.82, 2.24) is 24.5 Å². The van der Waals surface area contributed by atoms with Crippen molar-refractivity contribution in [3.8, 4) is 11.3 Å². The van der Waals surface area contributed by atoms with Gasteiger partial charge in [0.25, 0.3) is 0 Å². The average Bonchev–Trinajstić information content (AvgIpc) is 3.40. The van der Waals surface area contributed by atoms with Crippen LogP contribution in [0.4, 0.5) is 5.95 Å². The molecule has 8 heteroatoms. The first-order valence-corrected chi connectivity index (χ1v) is 9.89. The van der Waals surface area contributed by atoms with Gasteiger partial charge in [-0.3, -0.25) is 0 Å². The van der Waals surface area contributed by atoms with E-state index in [1.165, 1.54) is 0 Å². The van der Waals surface area contributed by atoms with E-state index in [-0.39, 0.29) is 6.04 Å². The number of methoxy groups -OCH3 is 1. The predicted molar refractivity (Wildman–Crippen MR) is 112 cm³/mol. The topological polar surface area (TPSA) is 81.1 Å². The van der Waals surface area contributed by atoms with E-state index in [1.807, 2.05) is 18.6 Å². The minimum atomic E-state index is 0.119. The van der Waals surface area contributed by atoms with Gasteiger partial charge in [-0.05, 0) is 19.1 Å². The van der Waals surface area contributed by atoms with Crippen molar-refractivity contribution in [2.24, 2.45) is 0 Å². The zero-order valence-corrected chi connectivity index (χ0v) is 16.6. The summed E-state index contributed by atoms with van der Waals surface area (Å²) in [6, 6.07) is 8.41. The van der Waals surface area contributed by atoms with Gasteiger partial charge >= 0.3 is 0 Å². The molecular weight excluding hydrogens is 368 g/mol. The van der Waals surface area contributed by atoms with Crippen molar-refractivity contribution in [2.45, 2.75) is 13.0 Å². The van der Waals surface area contributed by atoms with Gasteiger partial charge in [0.05, 0.1) is 32.2 Å². The molecule has 4 heterocycles. The number of nitrogens with one attached hydrogen (secondary N) is 1. The highest BCUT2D eigenvalue weighted by Crippen LogP contribution is 2.33. The average molecular weight is 392 g/mol. The quantitative estimate of drug-likeness (QED) is 0.562. The van der Waals surface area contributed by atoms with Crippen LogP contribution in [0.5, 0.6) is 0 Å². The molecule has 8 nitrogen and oxygen atoms in total. The number of benzene rings is 1. The summed E-state index contributed by atoms with van der Waals surface area (Å²) in [6.07, 6.45) is 3.79. The molecule has 29 heavy (non-hydrogen) atoms. The summed E-state index contributed by atoms with van der Waals surface area (Å²) < 4.78 is 13.0. The number of hydrogen-bond donors (Lipinski definition) is 1. The van der Waals surface area contributed by atoms with Gasteiger partial charge in [-0.2, -0.15) is 4.98 Å². The lowest BCUT2D eigenvalue weighted by Gasteiger charge is -2.27. The monoisotopic (exact) mass is 392 g/mol. The number of morpholine rings is 1. The summed E-state index contributed by atoms with van der Waals surface area (Å²) in [7, 11) is 1.71. The minimum Gasteiger partial charge on any atom is -0.383 e. The number of rotatable bonds is 5. The van der Waals surface area contributed by atoms with Crippen LogP contribution in [0.2, 0.25) is 0 Å². The molecule has 5 rings (SSSR count). The number of hydrogen-bond acceptors (Lipinski definition) is 6. The molecule has 1 aliphatic heterocycles. The lowest BCUT2D eigenvalue weighted by atomic mass is 10.1. The van der Waals surface area contributed by atoms with Crippen LogP contribution >= 0.6 is 0 Å². The Morgan fingerprint density at radius 2 is 2.07 bits per heavy atom. The predicted octanol–water partition coefficient (Wildman–Crippen LogP) is 3.02. The van der Waals surface area contributed by atoms with E-state index in [0.29, 0.717) is 19.8 Å². The van der Waals surface area contributed by atoms with E-state index in [2.05, 4.69) is 39.6 Å². The second-order valence-corrected chi connectivity index (χ2v) is 7.34. The van der Waals surface area contributed by atoms with E-state index in [1.54, 1.807) is 7.11 Å². The number of nitrogens with zero attached hydrogens (tertiary/aromatic N) is 5. The van der Waals surface area contributed by atoms with Crippen molar-refractivity contribution < 1.29 is 9.47 Å². The van der Waals surface area contributed by atoms with Gasteiger partial charge in [0.2, 0.25) is 5.95 Å². The molecule has 1 unspecified atom stereocenters. The highest BCUT2D eigenvalue weighted by molar-refractivity contribution is 6.00. The zero-order chi connectivity index (χ0) is 19.8. The van der Waals surface area contributed by atoms with E-state index in [9.17, 15) is 0 Å². The summed E-state index contributed by atoms with van der Waals surface area (Å²) in [5, 5.41) is 1.12. The fourth-order valence-electron chi connectivity index (χ4n) is 3.93. The molecule has 4 aromatic rings. The van der Waals surface area contributed by atoms with Gasteiger partial charge in [0, 0.05) is 42.9 Å². The van der Waals surface area contributed by atoms with Gasteiger partial charge in [0.1, 0.15) is 11.2 Å². The van der Waals surface area contributed by atoms with Crippen LogP contribution in [0.15, 0.2) is 36.8 Å². The Labute approximate surface area is 168 Å². The third-order valence-corrected chi connectivity index (χ3v) is 5.44. The molecule has 0 saturated carbocycles. The largest absolute Gasteiger partial charge is 0.383 e. The fourth-order valence-corrected chi connectivity index (χ4v) is 3.93. The minimum absolute atomic E-state index is 0.119. The van der Waals surface area contributed by atoms with Crippen molar-refractivity contribution in [3.05, 3.63) is 36.8 Å². The van der Waals surface area contributed by atoms with E-state index < -0.39 is 0 Å². The summed E-state index contributed by atoms with van der Waals surface area (Å²) in [6.45, 7) is 5.62. The van der Waals surface area contributed by atoms with Crippen molar-refractivity contribution in [1.29, 1.82) is 0 Å². The number of fused-ring (bicyclic) bond motifs is 2. The van der Waals surface area contributed by atoms with Crippen LogP contribution in [-0.2, 0) is 9.47 Å². The Balaban J connectivity index is 1.74. The summed E-state index contributed by atoms with van der Waals surface area (Å²) >= 11 is 0. The number of anilines is 1. The smallest absolute Gasteiger partial charge is 0.228 e. The maximum atomic E-state index is 5.51. The van der Waals surface area contributed by atoms with E-state index in [0.717, 1.165) is 52.4 Å². The molecule has 0 spiro atoms. The SMILES string of the molecule is COCC(C)n1cnc2c(-c3cccc4[nH]ccc34)nc(N3CCOCC3)nc21. The van der Waals surface area contributed by atoms with Crippen molar-refractivity contribution in [2.75, 3.05) is 44.9 Å². The lowest BCUT2D eigenvalue weighted by Crippen LogP contribution is -2.37. The number of H-pyrrole nitrogens is 1. The normalized spacial score (nSPS) is 16.0. The Hall–Kier alpha value is -2.97. The lowest BCUT2D eigenvalue weighted by molar-refractivity contribution is 0.122. The third-order valence-electron chi connectivity index (χ3n) is 5.44. The number of ether oxygens (including phenoxy) is 2. The number of aromatic nitrogens is 5. The summed E-state index contributed by atoms with van der Waals surface area (Å²) in [4.78, 5) is 20.1. The molecular formula is C21H24N6O2. The zero-order valence-electron chi connectivity index (χ0n) is 16.6. The van der Waals surface area contributed by atoms with Crippen LogP contribution in [-0.4, -0.2) is 64.5 Å². The van der Waals surface area contributed by atoms with Gasteiger partial charge in [-0.15, -0.1) is 0 Å². The molecule has 1 aromatic carbocycles. The summed E-state index contributed by atoms with van der Waals surface area (Å²) in [5.74, 6) is 0.717. The molecule has 1 saturated heterocycles. The Morgan fingerprint density at radius 3 is 2.90 bits per heavy atom. The first kappa shape index (κ1) is 18.1. The van der Waals surface area contributed by atoms with Gasteiger partial charge in [-0.1, -0.05) is 12.1 Å². The van der Waals surface area contributed by atoms with Crippen LogP contribution in [0.3, 0.4) is 0 Å². The maximum absolute atomic E-state index is 5.51. The second kappa shape index (κ2) is 7.46. The third kappa shape index (κ3) is 3.14. The molecule has 1 N–H and O–H groups in total. The number of imidazole rings is 1. The van der Waals surface area contributed by atoms with E-state index >= 15 is 0 Å². The van der Waals surface area contributed by atoms with E-state index in [4.69, 9.17) is 24.4 Å². The van der Waals surface area contributed by atoms with Crippen LogP contribution in [0.1, 0.15) is 13.0 Å².